The molecule has 0 radical (unpaired) electrons. The maximum absolute atomic E-state index is 12.2. The van der Waals surface area contributed by atoms with Crippen molar-refractivity contribution >= 4 is 22.8 Å². The Hall–Kier alpha value is -0.590. The van der Waals surface area contributed by atoms with Gasteiger partial charge in [-0.25, -0.2) is 0 Å². The highest BCUT2D eigenvalue weighted by Gasteiger charge is 2.40. The zero-order valence-electron chi connectivity index (χ0n) is 13.3. The topological polar surface area (TPSA) is 49.9 Å². The molecule has 2 fully saturated rings. The largest absolute Gasteiger partial charge is 0.381 e. The van der Waals surface area contributed by atoms with E-state index >= 15 is 0 Å². The first-order chi connectivity index (χ1) is 9.93. The molecule has 0 aliphatic carbocycles. The molecule has 0 aromatic carbocycles. The van der Waals surface area contributed by atoms with Crippen molar-refractivity contribution in [2.45, 2.75) is 31.7 Å². The van der Waals surface area contributed by atoms with Crippen LogP contribution in [0.3, 0.4) is 0 Å². The van der Waals surface area contributed by atoms with E-state index in [0.717, 1.165) is 44.9 Å². The van der Waals surface area contributed by atoms with Crippen molar-refractivity contribution < 1.29 is 14.3 Å². The molecular weight excluding hydrogens is 288 g/mol. The lowest BCUT2D eigenvalue weighted by atomic mass is 9.88. The second-order valence-electron chi connectivity index (χ2n) is 6.38. The van der Waals surface area contributed by atoms with Crippen LogP contribution in [0.15, 0.2) is 0 Å². The molecule has 0 aromatic heterocycles. The SMILES string of the molecule is CC(=O)SCC1CC(=O)N(CC2(N(C)C)CCOCC2)C1. The molecule has 0 N–H and O–H groups in total. The van der Waals surface area contributed by atoms with E-state index < -0.39 is 0 Å². The molecular formula is C15H26N2O3S. The van der Waals surface area contributed by atoms with Crippen LogP contribution in [0.2, 0.25) is 0 Å². The second-order valence-corrected chi connectivity index (χ2v) is 7.58. The number of likely N-dealkylation sites (tertiary alicyclic amines) is 1. The van der Waals surface area contributed by atoms with Gasteiger partial charge in [-0.3, -0.25) is 9.59 Å². The third-order valence-electron chi connectivity index (χ3n) is 4.67. The lowest BCUT2D eigenvalue weighted by Gasteiger charge is -2.45. The summed E-state index contributed by atoms with van der Waals surface area (Å²) in [6.07, 6.45) is 2.52. The Kier molecular flexibility index (Phi) is 5.68. The van der Waals surface area contributed by atoms with Gasteiger partial charge in [-0.05, 0) is 32.9 Å². The van der Waals surface area contributed by atoms with Crippen LogP contribution in [-0.4, -0.2) is 72.5 Å². The van der Waals surface area contributed by atoms with Gasteiger partial charge in [0, 0.05) is 50.9 Å². The summed E-state index contributed by atoms with van der Waals surface area (Å²) in [5, 5.41) is 0.134. The summed E-state index contributed by atoms with van der Waals surface area (Å²) >= 11 is 1.34. The predicted octanol–water partition coefficient (Wildman–Crippen LogP) is 1.23. The van der Waals surface area contributed by atoms with E-state index in [1.54, 1.807) is 6.92 Å². The first-order valence-electron chi connectivity index (χ1n) is 7.59. The van der Waals surface area contributed by atoms with Crippen molar-refractivity contribution in [1.29, 1.82) is 0 Å². The first kappa shape index (κ1) is 16.8. The standard InChI is InChI=1S/C15H26N2O3S/c1-12(18)21-10-13-8-14(19)17(9-13)11-15(16(2)3)4-6-20-7-5-15/h13H,4-11H2,1-3H3. The number of carbonyl (C=O) groups excluding carboxylic acids is 2. The zero-order chi connectivity index (χ0) is 15.5. The molecule has 2 aliphatic rings. The van der Waals surface area contributed by atoms with Crippen molar-refractivity contribution in [3.8, 4) is 0 Å². The number of thioether (sulfide) groups is 1. The summed E-state index contributed by atoms with van der Waals surface area (Å²) in [6.45, 7) is 4.69. The molecule has 5 nitrogen and oxygen atoms in total. The van der Waals surface area contributed by atoms with Gasteiger partial charge in [0.2, 0.25) is 5.91 Å². The fraction of sp³-hybridized carbons (Fsp3) is 0.867. The lowest BCUT2D eigenvalue weighted by Crippen LogP contribution is -2.56. The zero-order valence-corrected chi connectivity index (χ0v) is 14.1. The monoisotopic (exact) mass is 314 g/mol. The Bertz CT molecular complexity index is 394. The summed E-state index contributed by atoms with van der Waals surface area (Å²) in [7, 11) is 4.18. The van der Waals surface area contributed by atoms with Crippen LogP contribution in [0, 0.1) is 5.92 Å². The lowest BCUT2D eigenvalue weighted by molar-refractivity contribution is -0.130. The van der Waals surface area contributed by atoms with E-state index in [0.29, 0.717) is 12.3 Å². The van der Waals surface area contributed by atoms with Crippen molar-refractivity contribution in [2.75, 3.05) is 46.2 Å². The highest BCUT2D eigenvalue weighted by molar-refractivity contribution is 8.13. The number of likely N-dealkylation sites (N-methyl/N-ethyl adjacent to an activating group) is 1. The number of rotatable bonds is 5. The van der Waals surface area contributed by atoms with Crippen molar-refractivity contribution in [2.24, 2.45) is 5.92 Å². The first-order valence-corrected chi connectivity index (χ1v) is 8.58. The molecule has 2 heterocycles. The van der Waals surface area contributed by atoms with Crippen LogP contribution in [0.5, 0.6) is 0 Å². The summed E-state index contributed by atoms with van der Waals surface area (Å²) in [5.41, 5.74) is 0.0382. The third-order valence-corrected chi connectivity index (χ3v) is 5.72. The fourth-order valence-electron chi connectivity index (χ4n) is 3.21. The summed E-state index contributed by atoms with van der Waals surface area (Å²) in [4.78, 5) is 27.6. The van der Waals surface area contributed by atoms with Crippen molar-refractivity contribution in [1.82, 2.24) is 9.80 Å². The average molecular weight is 314 g/mol. The van der Waals surface area contributed by atoms with E-state index in [-0.39, 0.29) is 16.6 Å². The van der Waals surface area contributed by atoms with Gasteiger partial charge in [0.05, 0.1) is 0 Å². The van der Waals surface area contributed by atoms with Gasteiger partial charge >= 0.3 is 0 Å². The van der Waals surface area contributed by atoms with Crippen LogP contribution in [0.1, 0.15) is 26.2 Å². The number of hydrogen-bond acceptors (Lipinski definition) is 5. The molecule has 2 rings (SSSR count). The van der Waals surface area contributed by atoms with Gasteiger partial charge in [-0.2, -0.15) is 0 Å². The average Bonchev–Trinajstić information content (AvgIpc) is 2.78. The molecule has 6 heteroatoms. The summed E-state index contributed by atoms with van der Waals surface area (Å²) in [6, 6.07) is 0. The van der Waals surface area contributed by atoms with Gasteiger partial charge in [-0.1, -0.05) is 11.8 Å². The van der Waals surface area contributed by atoms with Gasteiger partial charge in [0.15, 0.2) is 5.12 Å². The predicted molar refractivity (Wildman–Crippen MR) is 84.3 cm³/mol. The molecule has 2 saturated heterocycles. The number of amides is 1. The van der Waals surface area contributed by atoms with E-state index in [1.165, 1.54) is 11.8 Å². The second kappa shape index (κ2) is 7.11. The van der Waals surface area contributed by atoms with Gasteiger partial charge in [-0.15, -0.1) is 0 Å². The van der Waals surface area contributed by atoms with Gasteiger partial charge in [0.1, 0.15) is 0 Å². The van der Waals surface area contributed by atoms with E-state index in [2.05, 4.69) is 19.0 Å². The van der Waals surface area contributed by atoms with Crippen LogP contribution in [0.4, 0.5) is 0 Å². The molecule has 0 saturated carbocycles. The van der Waals surface area contributed by atoms with Crippen LogP contribution in [-0.2, 0) is 14.3 Å². The Morgan fingerprint density at radius 1 is 1.43 bits per heavy atom. The number of carbonyl (C=O) groups is 2. The Labute approximate surface area is 131 Å². The van der Waals surface area contributed by atoms with Gasteiger partial charge < -0.3 is 14.5 Å². The fourth-order valence-corrected chi connectivity index (χ4v) is 3.90. The molecule has 0 aromatic rings. The minimum atomic E-state index is 0.0382. The third kappa shape index (κ3) is 4.20. The Morgan fingerprint density at radius 2 is 2.10 bits per heavy atom. The minimum Gasteiger partial charge on any atom is -0.381 e. The number of hydrogen-bond donors (Lipinski definition) is 0. The van der Waals surface area contributed by atoms with E-state index in [9.17, 15) is 9.59 Å². The molecule has 0 spiro atoms. The normalized spacial score (nSPS) is 25.6. The highest BCUT2D eigenvalue weighted by Crippen LogP contribution is 2.30. The summed E-state index contributed by atoms with van der Waals surface area (Å²) in [5.74, 6) is 1.30. The van der Waals surface area contributed by atoms with Crippen molar-refractivity contribution in [3.63, 3.8) is 0 Å². The van der Waals surface area contributed by atoms with E-state index in [4.69, 9.17) is 4.74 Å². The smallest absolute Gasteiger partial charge is 0.223 e. The molecule has 21 heavy (non-hydrogen) atoms. The maximum Gasteiger partial charge on any atom is 0.223 e. The molecule has 0 bridgehead atoms. The molecule has 1 amide bonds. The quantitative estimate of drug-likeness (QED) is 0.764. The molecule has 1 atom stereocenters. The summed E-state index contributed by atoms with van der Waals surface area (Å²) < 4.78 is 5.48. The number of nitrogens with zero attached hydrogens (tertiary/aromatic N) is 2. The van der Waals surface area contributed by atoms with Crippen LogP contribution < -0.4 is 0 Å². The Balaban J connectivity index is 1.94. The molecule has 2 aliphatic heterocycles. The van der Waals surface area contributed by atoms with Crippen LogP contribution in [0.25, 0.3) is 0 Å². The molecule has 120 valence electrons. The van der Waals surface area contributed by atoms with Crippen molar-refractivity contribution in [3.05, 3.63) is 0 Å². The van der Waals surface area contributed by atoms with E-state index in [1.807, 2.05) is 4.90 Å². The molecule has 1 unspecified atom stereocenters. The van der Waals surface area contributed by atoms with Crippen LogP contribution >= 0.6 is 11.8 Å². The number of ether oxygens (including phenoxy) is 1. The van der Waals surface area contributed by atoms with Gasteiger partial charge in [0.25, 0.3) is 0 Å². The highest BCUT2D eigenvalue weighted by atomic mass is 32.2. The minimum absolute atomic E-state index is 0.0382. The Morgan fingerprint density at radius 3 is 2.67 bits per heavy atom. The maximum atomic E-state index is 12.2.